The Hall–Kier alpha value is -3.16. The molecule has 34 heavy (non-hydrogen) atoms. The third-order valence-corrected chi connectivity index (χ3v) is 9.26. The van der Waals surface area contributed by atoms with Crippen molar-refractivity contribution in [1.29, 1.82) is 0 Å². The third kappa shape index (κ3) is 2.83. The van der Waals surface area contributed by atoms with E-state index in [0.29, 0.717) is 5.92 Å². The van der Waals surface area contributed by atoms with Crippen molar-refractivity contribution >= 4 is 63.6 Å². The van der Waals surface area contributed by atoms with Crippen molar-refractivity contribution in [3.05, 3.63) is 96.6 Å². The summed E-state index contributed by atoms with van der Waals surface area (Å²) in [4.78, 5) is 1.57. The quantitative estimate of drug-likeness (QED) is 0.382. The Kier molecular flexibility index (Phi) is 4.41. The molecule has 4 aliphatic rings. The van der Waals surface area contributed by atoms with Gasteiger partial charge in [0.25, 0.3) is 0 Å². The van der Waals surface area contributed by atoms with Crippen molar-refractivity contribution in [2.75, 3.05) is 0 Å². The average molecular weight is 457 g/mol. The molecule has 4 aliphatic carbocycles. The fourth-order valence-electron chi connectivity index (χ4n) is 6.33. The summed E-state index contributed by atoms with van der Waals surface area (Å²) in [7, 11) is 0. The van der Waals surface area contributed by atoms with Gasteiger partial charge in [-0.2, -0.15) is 0 Å². The summed E-state index contributed by atoms with van der Waals surface area (Å²) >= 11 is 2.01. The molecular weight excluding hydrogens is 428 g/mol. The fraction of sp³-hybridized carbons (Fsp3) is 0.212. The number of hydrogen-bond acceptors (Lipinski definition) is 1. The fourth-order valence-corrected chi connectivity index (χ4v) is 7.64. The van der Waals surface area contributed by atoms with Gasteiger partial charge in [-0.1, -0.05) is 60.7 Å². The van der Waals surface area contributed by atoms with Crippen LogP contribution in [-0.2, 0) is 12.8 Å². The van der Waals surface area contributed by atoms with E-state index in [2.05, 4.69) is 87.2 Å². The first-order chi connectivity index (χ1) is 16.7. The first-order valence-electron chi connectivity index (χ1n) is 12.5. The molecule has 0 N–H and O–H groups in total. The molecule has 3 aromatic rings. The summed E-state index contributed by atoms with van der Waals surface area (Å²) in [5.74, 6) is 0.604. The van der Waals surface area contributed by atoms with Crippen LogP contribution in [-0.4, -0.2) is 0 Å². The van der Waals surface area contributed by atoms with Crippen LogP contribution in [0.1, 0.15) is 64.9 Å². The molecule has 7 rings (SSSR count). The predicted molar refractivity (Wildman–Crippen MR) is 151 cm³/mol. The molecule has 0 spiro atoms. The van der Waals surface area contributed by atoms with Gasteiger partial charge in [-0.15, -0.1) is 11.3 Å². The molecule has 2 aromatic carbocycles. The SMILES string of the molecule is C=Cc1c(/C=C\C)c2c(c3cc(C4=Cc5c(sc6c5=C(C)C5C=C5C=6)CC4)ccc13)C=CCC2. The van der Waals surface area contributed by atoms with Crippen LogP contribution in [0.3, 0.4) is 0 Å². The normalized spacial score (nSPS) is 19.7. The first kappa shape index (κ1) is 20.2. The Morgan fingerprint density at radius 1 is 1.03 bits per heavy atom. The Labute approximate surface area is 205 Å². The highest BCUT2D eigenvalue weighted by Gasteiger charge is 2.30. The molecule has 0 radical (unpaired) electrons. The lowest BCUT2D eigenvalue weighted by atomic mass is 9.82. The summed E-state index contributed by atoms with van der Waals surface area (Å²) in [5, 5.41) is 4.20. The Morgan fingerprint density at radius 2 is 1.94 bits per heavy atom. The molecule has 1 heterocycles. The van der Waals surface area contributed by atoms with Crippen molar-refractivity contribution < 1.29 is 0 Å². The van der Waals surface area contributed by atoms with E-state index >= 15 is 0 Å². The maximum Gasteiger partial charge on any atom is 0.0354 e. The molecule has 1 unspecified atom stereocenters. The lowest BCUT2D eigenvalue weighted by Crippen LogP contribution is -2.27. The lowest BCUT2D eigenvalue weighted by molar-refractivity contribution is 0.985. The van der Waals surface area contributed by atoms with E-state index in [4.69, 9.17) is 0 Å². The van der Waals surface area contributed by atoms with Crippen LogP contribution in [0.25, 0.3) is 52.3 Å². The molecule has 1 aromatic heterocycles. The van der Waals surface area contributed by atoms with Crippen molar-refractivity contribution in [1.82, 2.24) is 0 Å². The maximum atomic E-state index is 4.19. The van der Waals surface area contributed by atoms with E-state index in [1.54, 1.807) is 10.5 Å². The molecule has 0 bridgehead atoms. The standard InChI is InChI=1S/C33H28S/c1-4-8-24-23(5-2)27-13-11-20(15-29(27)26-10-7-6-9-25(24)26)21-12-14-31-30(16-21)33-19(3)28-17-22(28)18-32(33)34-31/h4-5,7-8,10-11,13,15-18,28H,2,6,9,12,14H2,1,3H3/b8-4-. The summed E-state index contributed by atoms with van der Waals surface area (Å²) in [6, 6.07) is 7.13. The number of allylic oxidation sites excluding steroid dienone is 5. The number of rotatable bonds is 3. The zero-order valence-corrected chi connectivity index (χ0v) is 20.7. The molecule has 1 atom stereocenters. The van der Waals surface area contributed by atoms with Gasteiger partial charge in [0, 0.05) is 15.3 Å². The van der Waals surface area contributed by atoms with Gasteiger partial charge >= 0.3 is 0 Å². The van der Waals surface area contributed by atoms with Crippen molar-refractivity contribution in [2.24, 2.45) is 5.92 Å². The topological polar surface area (TPSA) is 0 Å². The van der Waals surface area contributed by atoms with Gasteiger partial charge in [-0.05, 0) is 118 Å². The monoisotopic (exact) mass is 456 g/mol. The smallest absolute Gasteiger partial charge is 0.0354 e. The molecule has 0 nitrogen and oxygen atoms in total. The zero-order valence-electron chi connectivity index (χ0n) is 19.9. The molecule has 0 amide bonds. The van der Waals surface area contributed by atoms with Gasteiger partial charge < -0.3 is 0 Å². The van der Waals surface area contributed by atoms with Crippen molar-refractivity contribution in [2.45, 2.75) is 39.5 Å². The van der Waals surface area contributed by atoms with Gasteiger partial charge in [0.2, 0.25) is 0 Å². The minimum Gasteiger partial charge on any atom is -0.140 e. The molecule has 0 fully saturated rings. The van der Waals surface area contributed by atoms with Crippen LogP contribution in [0, 0.1) is 5.92 Å². The highest BCUT2D eigenvalue weighted by molar-refractivity contribution is 7.10. The number of benzene rings is 2. The predicted octanol–water partition coefficient (Wildman–Crippen LogP) is 7.54. The summed E-state index contributed by atoms with van der Waals surface area (Å²) < 4.78 is 1.48. The average Bonchev–Trinajstić information content (AvgIpc) is 3.56. The van der Waals surface area contributed by atoms with Crippen LogP contribution in [0.5, 0.6) is 0 Å². The minimum absolute atomic E-state index is 0.604. The Bertz CT molecular complexity index is 1680. The molecular formula is C33H28S. The van der Waals surface area contributed by atoms with Gasteiger partial charge in [0.15, 0.2) is 0 Å². The highest BCUT2D eigenvalue weighted by atomic mass is 32.1. The second kappa shape index (κ2) is 7.42. The van der Waals surface area contributed by atoms with E-state index in [-0.39, 0.29) is 0 Å². The van der Waals surface area contributed by atoms with E-state index in [1.807, 2.05) is 11.3 Å². The van der Waals surface area contributed by atoms with Gasteiger partial charge in [0.1, 0.15) is 0 Å². The Balaban J connectivity index is 1.44. The summed E-state index contributed by atoms with van der Waals surface area (Å²) in [5.41, 5.74) is 12.9. The van der Waals surface area contributed by atoms with Crippen molar-refractivity contribution in [3.63, 3.8) is 0 Å². The Morgan fingerprint density at radius 3 is 2.79 bits per heavy atom. The van der Waals surface area contributed by atoms with Crippen LogP contribution < -0.4 is 9.75 Å². The third-order valence-electron chi connectivity index (χ3n) is 8.05. The van der Waals surface area contributed by atoms with Gasteiger partial charge in [-0.25, -0.2) is 0 Å². The summed E-state index contributed by atoms with van der Waals surface area (Å²) in [6.45, 7) is 8.63. The molecule has 0 saturated heterocycles. The van der Waals surface area contributed by atoms with Crippen molar-refractivity contribution in [3.8, 4) is 0 Å². The number of fused-ring (bicyclic) bond motifs is 7. The van der Waals surface area contributed by atoms with Crippen LogP contribution in [0.4, 0.5) is 0 Å². The largest absolute Gasteiger partial charge is 0.140 e. The van der Waals surface area contributed by atoms with Crippen LogP contribution in [0.2, 0.25) is 0 Å². The first-order valence-corrected chi connectivity index (χ1v) is 13.3. The zero-order chi connectivity index (χ0) is 23.0. The van der Waals surface area contributed by atoms with E-state index < -0.39 is 0 Å². The van der Waals surface area contributed by atoms with Crippen LogP contribution >= 0.6 is 11.3 Å². The molecule has 0 aliphatic heterocycles. The highest BCUT2D eigenvalue weighted by Crippen LogP contribution is 2.41. The molecule has 166 valence electrons. The van der Waals surface area contributed by atoms with E-state index in [0.717, 1.165) is 25.7 Å². The van der Waals surface area contributed by atoms with Gasteiger partial charge in [0.05, 0.1) is 0 Å². The molecule has 0 saturated carbocycles. The number of hydrogen-bond donors (Lipinski definition) is 0. The lowest BCUT2D eigenvalue weighted by Gasteiger charge is -2.22. The maximum absolute atomic E-state index is 4.19. The number of aryl methyl sites for hydroxylation is 1. The summed E-state index contributed by atoms with van der Waals surface area (Å²) in [6.07, 6.45) is 23.0. The minimum atomic E-state index is 0.604. The van der Waals surface area contributed by atoms with E-state index in [1.165, 1.54) is 65.1 Å². The van der Waals surface area contributed by atoms with Crippen LogP contribution in [0.15, 0.2) is 48.6 Å². The second-order valence-electron chi connectivity index (χ2n) is 9.94. The van der Waals surface area contributed by atoms with Gasteiger partial charge in [-0.3, -0.25) is 0 Å². The molecule has 1 heteroatoms. The number of thiophene rings is 1. The van der Waals surface area contributed by atoms with E-state index in [9.17, 15) is 0 Å². The second-order valence-corrected chi connectivity index (χ2v) is 11.1.